The number of ether oxygens (including phenoxy) is 3. The van der Waals surface area contributed by atoms with E-state index >= 15 is 0 Å². The third-order valence-electron chi connectivity index (χ3n) is 9.13. The number of nitrogens with zero attached hydrogens (tertiary/aromatic N) is 2. The summed E-state index contributed by atoms with van der Waals surface area (Å²) in [5, 5.41) is 20.3. The molecule has 200 valence electrons. The average molecular weight is 505 g/mol. The van der Waals surface area contributed by atoms with Gasteiger partial charge in [-0.15, -0.1) is 0 Å². The van der Waals surface area contributed by atoms with Crippen LogP contribution in [0.3, 0.4) is 0 Å². The Kier molecular flexibility index (Phi) is 9.12. The summed E-state index contributed by atoms with van der Waals surface area (Å²) in [6.07, 6.45) is 29.3. The molecule has 5 nitrogen and oxygen atoms in total. The summed E-state index contributed by atoms with van der Waals surface area (Å²) >= 11 is 0. The van der Waals surface area contributed by atoms with E-state index in [1.54, 1.807) is 14.2 Å². The maximum absolute atomic E-state index is 10.1. The van der Waals surface area contributed by atoms with E-state index in [0.29, 0.717) is 13.2 Å². The summed E-state index contributed by atoms with van der Waals surface area (Å²) < 4.78 is 17.5. The van der Waals surface area contributed by atoms with E-state index in [2.05, 4.69) is 12.1 Å². The molecule has 4 aliphatic carbocycles. The highest BCUT2D eigenvalue weighted by atomic mass is 16.5. The molecule has 2 fully saturated rings. The van der Waals surface area contributed by atoms with Gasteiger partial charge in [-0.1, -0.05) is 87.1 Å². The van der Waals surface area contributed by atoms with Gasteiger partial charge < -0.3 is 14.2 Å². The Morgan fingerprint density at radius 2 is 0.973 bits per heavy atom. The van der Waals surface area contributed by atoms with Crippen molar-refractivity contribution < 1.29 is 14.2 Å². The molecule has 0 radical (unpaired) electrons. The maximum atomic E-state index is 10.1. The summed E-state index contributed by atoms with van der Waals surface area (Å²) in [7, 11) is 3.54. The van der Waals surface area contributed by atoms with Crippen LogP contribution in [0.25, 0.3) is 0 Å². The van der Waals surface area contributed by atoms with Crippen molar-refractivity contribution in [1.29, 1.82) is 10.5 Å². The Morgan fingerprint density at radius 1 is 0.622 bits per heavy atom. The lowest BCUT2D eigenvalue weighted by Crippen LogP contribution is -2.36. The first-order chi connectivity index (χ1) is 17.9. The lowest BCUT2D eigenvalue weighted by Gasteiger charge is -2.41. The molecule has 4 rings (SSSR count). The standard InChI is InChI=1S/C32H44N2O3/c1-35-25-31(13-5-3-6-14-31)21-29(23-33)17-9-27(10-18-29)37-28-11-19-30(24-34,20-12-28)22-32(26-36-2)15-7-4-8-16-32/h9-12,17-20,27-28H,3-8,13-16,21-22,25-26H2,1-2H3/t27-,28-,29-,30-. The predicted molar refractivity (Wildman–Crippen MR) is 145 cm³/mol. The van der Waals surface area contributed by atoms with Crippen LogP contribution in [0, 0.1) is 44.3 Å². The first kappa shape index (κ1) is 27.8. The summed E-state index contributed by atoms with van der Waals surface area (Å²) in [6, 6.07) is 5.17. The lowest BCUT2D eigenvalue weighted by molar-refractivity contribution is 0.0283. The van der Waals surface area contributed by atoms with Crippen LogP contribution in [-0.4, -0.2) is 39.6 Å². The molecule has 0 aromatic rings. The van der Waals surface area contributed by atoms with Crippen molar-refractivity contribution in [3.63, 3.8) is 0 Å². The van der Waals surface area contributed by atoms with E-state index in [0.717, 1.165) is 38.5 Å². The summed E-state index contributed by atoms with van der Waals surface area (Å²) in [6.45, 7) is 1.42. The van der Waals surface area contributed by atoms with Crippen LogP contribution >= 0.6 is 0 Å². The highest BCUT2D eigenvalue weighted by molar-refractivity contribution is 5.33. The molecule has 0 bridgehead atoms. The fraction of sp³-hybridized carbons (Fsp3) is 0.688. The third kappa shape index (κ3) is 6.64. The van der Waals surface area contributed by atoms with Gasteiger partial charge in [0.1, 0.15) is 0 Å². The van der Waals surface area contributed by atoms with Crippen molar-refractivity contribution in [1.82, 2.24) is 0 Å². The zero-order chi connectivity index (χ0) is 26.2. The monoisotopic (exact) mass is 504 g/mol. The topological polar surface area (TPSA) is 75.3 Å². The Labute approximate surface area is 223 Å². The van der Waals surface area contributed by atoms with Gasteiger partial charge in [0.2, 0.25) is 0 Å². The molecular formula is C32H44N2O3. The molecule has 5 heteroatoms. The highest BCUT2D eigenvalue weighted by Crippen LogP contribution is 2.48. The summed E-state index contributed by atoms with van der Waals surface area (Å²) in [4.78, 5) is 0. The van der Waals surface area contributed by atoms with Crippen LogP contribution in [0.1, 0.15) is 77.0 Å². The highest BCUT2D eigenvalue weighted by Gasteiger charge is 2.42. The van der Waals surface area contributed by atoms with E-state index in [1.165, 1.54) is 38.5 Å². The van der Waals surface area contributed by atoms with Crippen LogP contribution in [0.5, 0.6) is 0 Å². The molecule has 0 spiro atoms. The van der Waals surface area contributed by atoms with E-state index in [9.17, 15) is 10.5 Å². The van der Waals surface area contributed by atoms with Gasteiger partial charge in [-0.2, -0.15) is 10.5 Å². The second kappa shape index (κ2) is 12.1. The molecule has 0 heterocycles. The van der Waals surface area contributed by atoms with Crippen molar-refractivity contribution in [2.75, 3.05) is 27.4 Å². The fourth-order valence-corrected chi connectivity index (χ4v) is 7.33. The molecule has 0 atom stereocenters. The van der Waals surface area contributed by atoms with E-state index in [4.69, 9.17) is 14.2 Å². The molecule has 2 saturated carbocycles. The van der Waals surface area contributed by atoms with Crippen LogP contribution in [0.2, 0.25) is 0 Å². The van der Waals surface area contributed by atoms with Crippen molar-refractivity contribution >= 4 is 0 Å². The summed E-state index contributed by atoms with van der Waals surface area (Å²) in [5.41, 5.74) is -1.09. The SMILES string of the molecule is COCC1(C[C@]2(C#N)C=C[C@H](O[C@H]3C=C[C@@](C#N)(CC4(COC)CCCCC4)C=C3)C=C2)CCCCC1. The van der Waals surface area contributed by atoms with Crippen LogP contribution in [0.15, 0.2) is 48.6 Å². The number of hydrogen-bond donors (Lipinski definition) is 0. The fourth-order valence-electron chi connectivity index (χ4n) is 7.33. The lowest BCUT2D eigenvalue weighted by atomic mass is 9.64. The van der Waals surface area contributed by atoms with Gasteiger partial charge in [0.25, 0.3) is 0 Å². The van der Waals surface area contributed by atoms with Crippen LogP contribution in [0.4, 0.5) is 0 Å². The molecular weight excluding hydrogens is 460 g/mol. The summed E-state index contributed by atoms with van der Waals surface area (Å²) in [5.74, 6) is 0. The van der Waals surface area contributed by atoms with Crippen LogP contribution in [-0.2, 0) is 14.2 Å². The quantitative estimate of drug-likeness (QED) is 0.300. The maximum Gasteiger partial charge on any atom is 0.0951 e. The second-order valence-corrected chi connectivity index (χ2v) is 12.1. The minimum absolute atomic E-state index is 0.0685. The molecule has 4 aliphatic rings. The molecule has 0 aliphatic heterocycles. The molecule has 0 aromatic heterocycles. The number of methoxy groups -OCH3 is 2. The van der Waals surface area contributed by atoms with E-state index in [1.807, 2.05) is 48.6 Å². The van der Waals surface area contributed by atoms with Gasteiger partial charge >= 0.3 is 0 Å². The van der Waals surface area contributed by atoms with Crippen molar-refractivity contribution in [3.05, 3.63) is 48.6 Å². The van der Waals surface area contributed by atoms with Crippen molar-refractivity contribution in [2.45, 2.75) is 89.3 Å². The Morgan fingerprint density at radius 3 is 1.27 bits per heavy atom. The zero-order valence-corrected chi connectivity index (χ0v) is 22.8. The normalized spacial score (nSPS) is 34.1. The minimum Gasteiger partial charge on any atom is -0.384 e. The molecule has 0 saturated heterocycles. The number of allylic oxidation sites excluding steroid dienone is 4. The average Bonchev–Trinajstić information content (AvgIpc) is 2.92. The van der Waals surface area contributed by atoms with Crippen LogP contribution < -0.4 is 0 Å². The molecule has 0 N–H and O–H groups in total. The largest absolute Gasteiger partial charge is 0.384 e. The van der Waals surface area contributed by atoms with E-state index < -0.39 is 10.8 Å². The van der Waals surface area contributed by atoms with Gasteiger partial charge in [-0.3, -0.25) is 0 Å². The Hall–Kier alpha value is -2.18. The van der Waals surface area contributed by atoms with Gasteiger partial charge in [-0.05, 0) is 49.4 Å². The number of rotatable bonds is 10. The molecule has 0 aromatic carbocycles. The van der Waals surface area contributed by atoms with Gasteiger partial charge in [0.15, 0.2) is 0 Å². The molecule has 0 amide bonds. The first-order valence-corrected chi connectivity index (χ1v) is 14.2. The number of nitriles is 2. The van der Waals surface area contributed by atoms with E-state index in [-0.39, 0.29) is 23.0 Å². The first-order valence-electron chi connectivity index (χ1n) is 14.2. The van der Waals surface area contributed by atoms with Gasteiger partial charge in [0.05, 0.1) is 48.4 Å². The smallest absolute Gasteiger partial charge is 0.0951 e. The Balaban J connectivity index is 1.38. The van der Waals surface area contributed by atoms with Gasteiger partial charge in [-0.25, -0.2) is 0 Å². The second-order valence-electron chi connectivity index (χ2n) is 12.1. The number of hydrogen-bond acceptors (Lipinski definition) is 5. The van der Waals surface area contributed by atoms with Crippen molar-refractivity contribution in [3.8, 4) is 12.1 Å². The molecule has 0 unspecified atom stereocenters. The molecule has 37 heavy (non-hydrogen) atoms. The minimum atomic E-state index is -0.612. The third-order valence-corrected chi connectivity index (χ3v) is 9.13. The predicted octanol–water partition coefficient (Wildman–Crippen LogP) is 6.99. The van der Waals surface area contributed by atoms with Gasteiger partial charge in [0, 0.05) is 14.2 Å². The Bertz CT molecular complexity index is 850. The zero-order valence-electron chi connectivity index (χ0n) is 22.8. The van der Waals surface area contributed by atoms with Crippen molar-refractivity contribution in [2.24, 2.45) is 21.7 Å².